The first kappa shape index (κ1) is 15.5. The Morgan fingerprint density at radius 2 is 1.83 bits per heavy atom. The minimum absolute atomic E-state index is 0.0741. The maximum Gasteiger partial charge on any atom is 0.271 e. The van der Waals surface area contributed by atoms with Gasteiger partial charge in [0.15, 0.2) is 0 Å². The number of aromatic nitrogens is 5. The Kier molecular flexibility index (Phi) is 4.15. The molecule has 9 nitrogen and oxygen atoms in total. The van der Waals surface area contributed by atoms with Gasteiger partial charge in [-0.05, 0) is 19.1 Å². The van der Waals surface area contributed by atoms with Crippen molar-refractivity contribution in [2.45, 2.75) is 6.92 Å². The van der Waals surface area contributed by atoms with E-state index in [4.69, 9.17) is 10.3 Å². The molecule has 9 heteroatoms. The van der Waals surface area contributed by atoms with Crippen LogP contribution in [0.3, 0.4) is 0 Å². The summed E-state index contributed by atoms with van der Waals surface area (Å²) in [6.07, 6.45) is 0. The van der Waals surface area contributed by atoms with Gasteiger partial charge in [-0.2, -0.15) is 19.9 Å². The fraction of sp³-hybridized carbons (Fsp3) is 0.200. The first-order chi connectivity index (χ1) is 11.6. The summed E-state index contributed by atoms with van der Waals surface area (Å²) < 4.78 is 5.15. The zero-order valence-electron chi connectivity index (χ0n) is 13.5. The van der Waals surface area contributed by atoms with Crippen LogP contribution in [0.15, 0.2) is 39.8 Å². The molecule has 0 atom stereocenters. The summed E-state index contributed by atoms with van der Waals surface area (Å²) in [4.78, 5) is 22.7. The van der Waals surface area contributed by atoms with Crippen molar-refractivity contribution in [1.82, 2.24) is 25.1 Å². The van der Waals surface area contributed by atoms with Gasteiger partial charge in [-0.3, -0.25) is 4.99 Å². The summed E-state index contributed by atoms with van der Waals surface area (Å²) in [6.45, 7) is 1.77. The topological polar surface area (TPSA) is 119 Å². The molecule has 0 radical (unpaired) electrons. The van der Waals surface area contributed by atoms with Crippen LogP contribution in [-0.4, -0.2) is 44.9 Å². The van der Waals surface area contributed by atoms with Gasteiger partial charge in [0.2, 0.25) is 23.5 Å². The Morgan fingerprint density at radius 1 is 1.08 bits per heavy atom. The van der Waals surface area contributed by atoms with Crippen LogP contribution in [0.2, 0.25) is 0 Å². The molecule has 24 heavy (non-hydrogen) atoms. The summed E-state index contributed by atoms with van der Waals surface area (Å²) in [5, 5.41) is 3.88. The number of hydrogen-bond acceptors (Lipinski definition) is 9. The van der Waals surface area contributed by atoms with Crippen molar-refractivity contribution in [3.63, 3.8) is 0 Å². The van der Waals surface area contributed by atoms with Crippen molar-refractivity contribution in [3.05, 3.63) is 36.2 Å². The number of hydrogen-bond donors (Lipinski definition) is 1. The zero-order valence-corrected chi connectivity index (χ0v) is 13.5. The van der Waals surface area contributed by atoms with Gasteiger partial charge in [0.1, 0.15) is 0 Å². The van der Waals surface area contributed by atoms with Crippen LogP contribution < -0.4 is 10.6 Å². The summed E-state index contributed by atoms with van der Waals surface area (Å²) in [5.74, 6) is 1.23. The fourth-order valence-electron chi connectivity index (χ4n) is 1.95. The lowest BCUT2D eigenvalue weighted by atomic mass is 10.3. The van der Waals surface area contributed by atoms with E-state index in [0.29, 0.717) is 17.6 Å². The van der Waals surface area contributed by atoms with Crippen molar-refractivity contribution in [1.29, 1.82) is 0 Å². The maximum atomic E-state index is 5.81. The summed E-state index contributed by atoms with van der Waals surface area (Å²) in [7, 11) is 3.48. The van der Waals surface area contributed by atoms with E-state index in [0.717, 1.165) is 5.69 Å². The third-order valence-corrected chi connectivity index (χ3v) is 3.36. The number of rotatable bonds is 4. The van der Waals surface area contributed by atoms with Crippen molar-refractivity contribution in [3.8, 4) is 11.6 Å². The molecule has 1 aromatic carbocycles. The van der Waals surface area contributed by atoms with Gasteiger partial charge in [0.05, 0.1) is 5.71 Å². The van der Waals surface area contributed by atoms with Gasteiger partial charge < -0.3 is 15.2 Å². The normalized spacial score (nSPS) is 11.5. The van der Waals surface area contributed by atoms with Gasteiger partial charge in [0, 0.05) is 19.8 Å². The Balaban J connectivity index is 1.99. The molecule has 2 N–H and O–H groups in total. The summed E-state index contributed by atoms with van der Waals surface area (Å²) >= 11 is 0. The van der Waals surface area contributed by atoms with E-state index >= 15 is 0 Å². The van der Waals surface area contributed by atoms with Crippen LogP contribution in [0.4, 0.5) is 17.6 Å². The van der Waals surface area contributed by atoms with E-state index in [-0.39, 0.29) is 17.6 Å². The quantitative estimate of drug-likeness (QED) is 0.720. The van der Waals surface area contributed by atoms with Crippen molar-refractivity contribution in [2.24, 2.45) is 4.99 Å². The lowest BCUT2D eigenvalue weighted by Crippen LogP contribution is -2.15. The molecule has 0 aliphatic carbocycles. The number of benzene rings is 1. The van der Waals surface area contributed by atoms with Crippen molar-refractivity contribution in [2.75, 3.05) is 24.7 Å². The number of nitrogens with two attached hydrogens (primary N) is 1. The molecule has 0 amide bonds. The molecular formula is C15H16N8O. The second kappa shape index (κ2) is 6.41. The average Bonchev–Trinajstić information content (AvgIpc) is 3.11. The lowest BCUT2D eigenvalue weighted by Gasteiger charge is -2.17. The Morgan fingerprint density at radius 3 is 2.54 bits per heavy atom. The molecule has 0 spiro atoms. The average molecular weight is 324 g/mol. The van der Waals surface area contributed by atoms with Gasteiger partial charge in [0.25, 0.3) is 5.89 Å². The first-order valence-electron chi connectivity index (χ1n) is 7.16. The molecular weight excluding hydrogens is 308 g/mol. The molecule has 0 unspecified atom stereocenters. The summed E-state index contributed by atoms with van der Waals surface area (Å²) in [6, 6.07) is 9.66. The monoisotopic (exact) mass is 324 g/mol. The van der Waals surface area contributed by atoms with Crippen molar-refractivity contribution < 1.29 is 4.52 Å². The van der Waals surface area contributed by atoms with E-state index < -0.39 is 0 Å². The third-order valence-electron chi connectivity index (χ3n) is 3.36. The van der Waals surface area contributed by atoms with E-state index in [1.54, 1.807) is 18.9 Å². The first-order valence-corrected chi connectivity index (χ1v) is 7.16. The molecule has 0 fully saturated rings. The lowest BCUT2D eigenvalue weighted by molar-refractivity contribution is 0.411. The standard InChI is InChI=1S/C15H16N8O/c1-9(17-2)13-18-12(22-24-13)11-19-14(16)21-15(20-11)23(3)10-7-5-4-6-8-10/h4-8H,1-3H3,(H2,16,19,20,21)/b17-9+. The molecule has 3 aromatic rings. The Bertz CT molecular complexity index is 874. The van der Waals surface area contributed by atoms with Crippen LogP contribution in [0.1, 0.15) is 12.8 Å². The Hall–Kier alpha value is -3.36. The van der Waals surface area contributed by atoms with Crippen LogP contribution >= 0.6 is 0 Å². The molecule has 122 valence electrons. The highest BCUT2D eigenvalue weighted by atomic mass is 16.5. The highest BCUT2D eigenvalue weighted by Crippen LogP contribution is 2.22. The molecule has 3 rings (SSSR count). The Labute approximate surface area is 138 Å². The second-order valence-corrected chi connectivity index (χ2v) is 4.94. The van der Waals surface area contributed by atoms with Gasteiger partial charge in [-0.25, -0.2) is 0 Å². The SMILES string of the molecule is C/N=C(\C)c1nc(-c2nc(N)nc(N(C)c3ccccc3)n2)no1. The molecule has 0 saturated heterocycles. The van der Waals surface area contributed by atoms with Crippen molar-refractivity contribution >= 4 is 23.3 Å². The van der Waals surface area contributed by atoms with Gasteiger partial charge in [-0.1, -0.05) is 23.4 Å². The van der Waals surface area contributed by atoms with Gasteiger partial charge in [-0.15, -0.1) is 0 Å². The second-order valence-electron chi connectivity index (χ2n) is 4.94. The number of nitrogens with zero attached hydrogens (tertiary/aromatic N) is 7. The van der Waals surface area contributed by atoms with E-state index in [2.05, 4.69) is 30.1 Å². The van der Waals surface area contributed by atoms with Crippen LogP contribution in [0.25, 0.3) is 11.6 Å². The van der Waals surface area contributed by atoms with E-state index in [1.807, 2.05) is 37.4 Å². The highest BCUT2D eigenvalue weighted by molar-refractivity contribution is 5.94. The molecule has 2 heterocycles. The number of anilines is 3. The number of para-hydroxylation sites is 1. The molecule has 0 bridgehead atoms. The largest absolute Gasteiger partial charge is 0.368 e. The number of aliphatic imine (C=N–C) groups is 1. The van der Waals surface area contributed by atoms with Crippen LogP contribution in [0, 0.1) is 0 Å². The molecule has 2 aromatic heterocycles. The number of nitrogen functional groups attached to an aromatic ring is 1. The van der Waals surface area contributed by atoms with Gasteiger partial charge >= 0.3 is 0 Å². The smallest absolute Gasteiger partial charge is 0.271 e. The van der Waals surface area contributed by atoms with E-state index in [1.165, 1.54) is 0 Å². The predicted octanol–water partition coefficient (Wildman–Crippen LogP) is 1.71. The van der Waals surface area contributed by atoms with E-state index in [9.17, 15) is 0 Å². The minimum atomic E-state index is 0.0741. The minimum Gasteiger partial charge on any atom is -0.368 e. The fourth-order valence-corrected chi connectivity index (χ4v) is 1.95. The van der Waals surface area contributed by atoms with Crippen LogP contribution in [-0.2, 0) is 0 Å². The maximum absolute atomic E-state index is 5.81. The zero-order chi connectivity index (χ0) is 17.1. The third kappa shape index (κ3) is 3.05. The summed E-state index contributed by atoms with van der Waals surface area (Å²) in [5.41, 5.74) is 7.34. The van der Waals surface area contributed by atoms with Crippen LogP contribution in [0.5, 0.6) is 0 Å². The predicted molar refractivity (Wildman–Crippen MR) is 90.2 cm³/mol. The molecule has 0 aliphatic heterocycles. The highest BCUT2D eigenvalue weighted by Gasteiger charge is 2.17. The molecule has 0 aliphatic rings. The molecule has 0 saturated carbocycles.